The van der Waals surface area contributed by atoms with Crippen LogP contribution in [-0.4, -0.2) is 42.6 Å². The molecule has 3 N–H and O–H groups in total. The van der Waals surface area contributed by atoms with Crippen LogP contribution in [0, 0.1) is 28.8 Å². The summed E-state index contributed by atoms with van der Waals surface area (Å²) in [6.07, 6.45) is 6.75. The first-order valence-corrected chi connectivity index (χ1v) is 15.6. The van der Waals surface area contributed by atoms with Crippen LogP contribution in [0.2, 0.25) is 0 Å². The van der Waals surface area contributed by atoms with Crippen LogP contribution >= 0.6 is 0 Å². The molecule has 0 radical (unpaired) electrons. The highest BCUT2D eigenvalue weighted by Gasteiger charge is 2.56. The Morgan fingerprint density at radius 1 is 0.851 bits per heavy atom. The molecule has 4 aromatic rings. The molecule has 7 rings (SSSR count). The predicted octanol–water partition coefficient (Wildman–Crippen LogP) is 6.72. The first kappa shape index (κ1) is 30.8. The summed E-state index contributed by atoms with van der Waals surface area (Å²) in [6.45, 7) is 1.55. The highest BCUT2D eigenvalue weighted by Crippen LogP contribution is 2.48. The van der Waals surface area contributed by atoms with Crippen molar-refractivity contribution in [1.29, 1.82) is 0 Å². The first-order valence-electron chi connectivity index (χ1n) is 15.6. The van der Waals surface area contributed by atoms with Gasteiger partial charge in [-0.1, -0.05) is 0 Å². The number of anilines is 2. The Hall–Kier alpha value is -4.84. The molecule has 0 saturated heterocycles. The van der Waals surface area contributed by atoms with Gasteiger partial charge in [-0.2, -0.15) is 0 Å². The maximum absolute atomic E-state index is 15.2. The van der Waals surface area contributed by atoms with Crippen LogP contribution in [0.3, 0.4) is 0 Å². The van der Waals surface area contributed by atoms with Crippen molar-refractivity contribution >= 4 is 34.1 Å². The summed E-state index contributed by atoms with van der Waals surface area (Å²) in [5, 5.41) is 9.21. The minimum Gasteiger partial charge on any atom is -0.493 e. The van der Waals surface area contributed by atoms with E-state index in [-0.39, 0.29) is 35.5 Å². The summed E-state index contributed by atoms with van der Waals surface area (Å²) < 4.78 is 59.9. The van der Waals surface area contributed by atoms with Gasteiger partial charge in [-0.15, -0.1) is 0 Å². The number of benzene rings is 3. The zero-order valence-corrected chi connectivity index (χ0v) is 25.6. The molecule has 0 aliphatic heterocycles. The number of nitrogens with zero attached hydrogens (tertiary/aromatic N) is 1. The number of hydrogen-bond donors (Lipinski definition) is 3. The van der Waals surface area contributed by atoms with Gasteiger partial charge in [-0.25, -0.2) is 13.2 Å². The van der Waals surface area contributed by atoms with Crippen molar-refractivity contribution in [2.24, 2.45) is 11.3 Å². The topological polar surface area (TPSA) is 111 Å². The van der Waals surface area contributed by atoms with Crippen LogP contribution in [0.1, 0.15) is 38.5 Å². The molecule has 1 aromatic heterocycles. The number of methoxy groups -OCH3 is 1. The van der Waals surface area contributed by atoms with Crippen LogP contribution in [0.25, 0.3) is 10.9 Å². The summed E-state index contributed by atoms with van der Waals surface area (Å²) in [4.78, 5) is 30.4. The molecule has 1 heterocycles. The molecular formula is C35H33F3N4O5. The van der Waals surface area contributed by atoms with Gasteiger partial charge in [-0.05, 0) is 87.4 Å². The van der Waals surface area contributed by atoms with Gasteiger partial charge >= 0.3 is 0 Å². The largest absolute Gasteiger partial charge is 0.493 e. The van der Waals surface area contributed by atoms with Gasteiger partial charge in [0, 0.05) is 35.5 Å². The van der Waals surface area contributed by atoms with E-state index in [1.165, 1.54) is 31.0 Å². The van der Waals surface area contributed by atoms with Gasteiger partial charge < -0.3 is 30.2 Å². The fourth-order valence-electron chi connectivity index (χ4n) is 5.45. The number of carbonyl (C=O) groups excluding carboxylic acids is 2. The van der Waals surface area contributed by atoms with Gasteiger partial charge in [-0.3, -0.25) is 14.6 Å². The molecule has 0 atom stereocenters. The number of carbonyl (C=O) groups is 2. The van der Waals surface area contributed by atoms with Gasteiger partial charge in [0.15, 0.2) is 23.1 Å². The van der Waals surface area contributed by atoms with E-state index in [1.54, 1.807) is 31.5 Å². The van der Waals surface area contributed by atoms with Crippen molar-refractivity contribution in [2.75, 3.05) is 30.9 Å². The van der Waals surface area contributed by atoms with E-state index in [1.807, 2.05) is 0 Å². The zero-order chi connectivity index (χ0) is 32.8. The normalized spacial score (nSPS) is 17.1. The molecular weight excluding hydrogens is 613 g/mol. The molecule has 12 heteroatoms. The Labute approximate surface area is 268 Å². The third kappa shape index (κ3) is 6.55. The van der Waals surface area contributed by atoms with Crippen molar-refractivity contribution in [2.45, 2.75) is 44.1 Å². The van der Waals surface area contributed by atoms with Crippen LogP contribution in [-0.2, 0) is 9.59 Å². The maximum atomic E-state index is 15.2. The Morgan fingerprint density at radius 3 is 2.32 bits per heavy atom. The van der Waals surface area contributed by atoms with Crippen LogP contribution in [0.4, 0.5) is 24.5 Å². The zero-order valence-electron chi connectivity index (χ0n) is 25.6. The molecule has 0 unspecified atom stereocenters. The minimum absolute atomic E-state index is 0.00695. The number of hydrogen-bond acceptors (Lipinski definition) is 7. The first-order chi connectivity index (χ1) is 22.7. The molecule has 3 saturated carbocycles. The van der Waals surface area contributed by atoms with Crippen LogP contribution < -0.4 is 30.2 Å². The highest BCUT2D eigenvalue weighted by atomic mass is 19.2. The molecule has 2 amide bonds. The molecule has 0 bridgehead atoms. The number of pyridine rings is 1. The molecule has 3 aliphatic rings. The number of rotatable bonds is 13. The summed E-state index contributed by atoms with van der Waals surface area (Å²) in [5.41, 5.74) is -0.968. The van der Waals surface area contributed by atoms with E-state index >= 15 is 4.39 Å². The minimum atomic E-state index is -1.45. The summed E-state index contributed by atoms with van der Waals surface area (Å²) in [7, 11) is 1.56. The van der Waals surface area contributed by atoms with E-state index in [0.29, 0.717) is 34.8 Å². The van der Waals surface area contributed by atoms with E-state index in [2.05, 4.69) is 20.9 Å². The number of aromatic nitrogens is 1. The number of ether oxygens (including phenoxy) is 3. The lowest BCUT2D eigenvalue weighted by atomic mass is 10.0. The predicted molar refractivity (Wildman–Crippen MR) is 168 cm³/mol. The molecule has 3 aliphatic carbocycles. The van der Waals surface area contributed by atoms with Crippen LogP contribution in [0.15, 0.2) is 60.8 Å². The quantitative estimate of drug-likeness (QED) is 0.138. The number of nitrogens with one attached hydrogen (secondary N) is 3. The molecule has 3 fully saturated rings. The highest BCUT2D eigenvalue weighted by molar-refractivity contribution is 6.17. The number of amides is 2. The van der Waals surface area contributed by atoms with Crippen LogP contribution in [0.5, 0.6) is 23.0 Å². The van der Waals surface area contributed by atoms with E-state index < -0.39 is 34.7 Å². The monoisotopic (exact) mass is 646 g/mol. The van der Waals surface area contributed by atoms with Crippen molar-refractivity contribution in [1.82, 2.24) is 10.3 Å². The second-order valence-electron chi connectivity index (χ2n) is 12.6. The molecule has 9 nitrogen and oxygen atoms in total. The Balaban J connectivity index is 1.02. The Bertz CT molecular complexity index is 1870. The Kier molecular flexibility index (Phi) is 7.91. The molecule has 244 valence electrons. The van der Waals surface area contributed by atoms with E-state index in [9.17, 15) is 18.4 Å². The van der Waals surface area contributed by atoms with E-state index in [4.69, 9.17) is 14.2 Å². The summed E-state index contributed by atoms with van der Waals surface area (Å²) in [6, 6.07) is 12.1. The summed E-state index contributed by atoms with van der Waals surface area (Å²) >= 11 is 0. The lowest BCUT2D eigenvalue weighted by Gasteiger charge is -2.20. The van der Waals surface area contributed by atoms with Crippen molar-refractivity contribution in [3.8, 4) is 23.0 Å². The lowest BCUT2D eigenvalue weighted by Crippen LogP contribution is -2.38. The summed E-state index contributed by atoms with van der Waals surface area (Å²) in [5.74, 6) is -1.92. The van der Waals surface area contributed by atoms with Crippen molar-refractivity contribution < 1.29 is 37.0 Å². The average molecular weight is 647 g/mol. The lowest BCUT2D eigenvalue weighted by molar-refractivity contribution is -0.131. The second kappa shape index (κ2) is 12.1. The van der Waals surface area contributed by atoms with Gasteiger partial charge in [0.1, 0.15) is 29.3 Å². The number of fused-ring (bicyclic) bond motifs is 1. The molecule has 0 spiro atoms. The maximum Gasteiger partial charge on any atom is 0.240 e. The van der Waals surface area contributed by atoms with Gasteiger partial charge in [0.2, 0.25) is 11.8 Å². The molecule has 47 heavy (non-hydrogen) atoms. The fraction of sp³-hybridized carbons (Fsp3) is 0.343. The van der Waals surface area contributed by atoms with Crippen molar-refractivity contribution in [3.63, 3.8) is 0 Å². The smallest absolute Gasteiger partial charge is 0.240 e. The fourth-order valence-corrected chi connectivity index (χ4v) is 5.45. The standard InChI is InChI=1S/C35H33F3N4O5/c1-45-30-16-23-28(17-31(30)46-19-34(9-10-34)40-18-20-2-3-20)39-13-8-29(23)47-22-5-7-27(26(38)15-22)42-33(44)35(11-12-35)32(43)41-21-4-6-24(36)25(37)14-21/h4-8,13-17,20,40H,2-3,9-12,18-19H2,1H3,(H,41,43)(H,42,44). The van der Waals surface area contributed by atoms with E-state index in [0.717, 1.165) is 43.5 Å². The average Bonchev–Trinajstić information content (AvgIpc) is 3.93. The second-order valence-corrected chi connectivity index (χ2v) is 12.6. The number of halogens is 3. The third-order valence-electron chi connectivity index (χ3n) is 9.02. The SMILES string of the molecule is COc1cc2c(Oc3ccc(NC(=O)C4(C(=O)Nc5ccc(F)c(F)c5)CC4)c(F)c3)ccnc2cc1OCC1(NCC2CC2)CC1. The van der Waals surface area contributed by atoms with Crippen molar-refractivity contribution in [3.05, 3.63) is 78.2 Å². The Morgan fingerprint density at radius 2 is 1.64 bits per heavy atom. The van der Waals surface area contributed by atoms with Gasteiger partial charge in [0.05, 0.1) is 23.9 Å². The van der Waals surface area contributed by atoms with Gasteiger partial charge in [0.25, 0.3) is 0 Å². The molecule has 3 aromatic carbocycles. The third-order valence-corrected chi connectivity index (χ3v) is 9.02.